The molecular weight excluding hydrogens is 433 g/mol. The van der Waals surface area contributed by atoms with Crippen molar-refractivity contribution in [2.45, 2.75) is 27.8 Å². The van der Waals surface area contributed by atoms with E-state index < -0.39 is 21.6 Å². The summed E-state index contributed by atoms with van der Waals surface area (Å²) in [5.41, 5.74) is 0.448. The standard InChI is InChI=1S/C22H17F3O3S2/c23-22(24,25)16-11-9-15(10-12-16)13-28-18-7-4-8-20-21(18)19(14-30(20,26)27)29-17-5-2-1-3-6-17/h1-12,19H,13-14H2. The van der Waals surface area contributed by atoms with Gasteiger partial charge < -0.3 is 4.74 Å². The van der Waals surface area contributed by atoms with E-state index in [1.807, 2.05) is 30.3 Å². The Morgan fingerprint density at radius 2 is 1.63 bits per heavy atom. The maximum Gasteiger partial charge on any atom is 0.416 e. The molecule has 0 bridgehead atoms. The van der Waals surface area contributed by atoms with Crippen molar-refractivity contribution < 1.29 is 26.3 Å². The van der Waals surface area contributed by atoms with Crippen LogP contribution in [0.5, 0.6) is 5.75 Å². The summed E-state index contributed by atoms with van der Waals surface area (Å²) in [6.45, 7) is 0.0390. The smallest absolute Gasteiger partial charge is 0.416 e. The van der Waals surface area contributed by atoms with E-state index in [0.29, 0.717) is 16.9 Å². The topological polar surface area (TPSA) is 43.4 Å². The SMILES string of the molecule is O=S1(=O)CC(Sc2ccccc2)c2c(OCc3ccc(C(F)(F)F)cc3)cccc21. The Morgan fingerprint density at radius 3 is 2.30 bits per heavy atom. The van der Waals surface area contributed by atoms with Crippen LogP contribution in [0, 0.1) is 0 Å². The molecule has 1 unspecified atom stereocenters. The fourth-order valence-electron chi connectivity index (χ4n) is 3.32. The second-order valence-electron chi connectivity index (χ2n) is 6.85. The lowest BCUT2D eigenvalue weighted by molar-refractivity contribution is -0.137. The molecule has 156 valence electrons. The summed E-state index contributed by atoms with van der Waals surface area (Å²) in [7, 11) is -3.43. The summed E-state index contributed by atoms with van der Waals surface area (Å²) in [4.78, 5) is 1.20. The first-order valence-electron chi connectivity index (χ1n) is 9.10. The zero-order chi connectivity index (χ0) is 21.4. The number of sulfone groups is 1. The highest BCUT2D eigenvalue weighted by Gasteiger charge is 2.38. The van der Waals surface area contributed by atoms with E-state index in [1.54, 1.807) is 18.2 Å². The van der Waals surface area contributed by atoms with E-state index in [2.05, 4.69) is 0 Å². The van der Waals surface area contributed by atoms with Crippen molar-refractivity contribution in [2.75, 3.05) is 5.75 Å². The van der Waals surface area contributed by atoms with Gasteiger partial charge in [0.15, 0.2) is 9.84 Å². The normalized spacial score (nSPS) is 17.5. The molecule has 0 fully saturated rings. The first kappa shape index (κ1) is 20.8. The lowest BCUT2D eigenvalue weighted by Crippen LogP contribution is -2.05. The number of benzene rings is 3. The molecule has 30 heavy (non-hydrogen) atoms. The van der Waals surface area contributed by atoms with Crippen molar-refractivity contribution in [3.63, 3.8) is 0 Å². The quantitative estimate of drug-likeness (QED) is 0.485. The zero-order valence-corrected chi connectivity index (χ0v) is 17.2. The average molecular weight is 451 g/mol. The van der Waals surface area contributed by atoms with Gasteiger partial charge in [0.1, 0.15) is 12.4 Å². The molecule has 0 aliphatic carbocycles. The minimum atomic E-state index is -4.39. The van der Waals surface area contributed by atoms with Crippen LogP contribution in [-0.2, 0) is 22.6 Å². The Bertz CT molecular complexity index is 1140. The summed E-state index contributed by atoms with van der Waals surface area (Å²) in [6.07, 6.45) is -4.39. The Morgan fingerprint density at radius 1 is 0.933 bits per heavy atom. The van der Waals surface area contributed by atoms with Crippen LogP contribution in [0.3, 0.4) is 0 Å². The van der Waals surface area contributed by atoms with Crippen LogP contribution in [-0.4, -0.2) is 14.2 Å². The number of rotatable bonds is 5. The molecule has 1 atom stereocenters. The molecule has 3 nitrogen and oxygen atoms in total. The number of thioether (sulfide) groups is 1. The lowest BCUT2D eigenvalue weighted by atomic mass is 10.1. The summed E-state index contributed by atoms with van der Waals surface area (Å²) in [5, 5.41) is -0.323. The van der Waals surface area contributed by atoms with Gasteiger partial charge >= 0.3 is 6.18 Å². The summed E-state index contributed by atoms with van der Waals surface area (Å²) in [6, 6.07) is 19.1. The minimum absolute atomic E-state index is 0.0253. The molecule has 1 heterocycles. The third-order valence-corrected chi connectivity index (χ3v) is 7.99. The van der Waals surface area contributed by atoms with E-state index in [1.165, 1.54) is 23.9 Å². The Hall–Kier alpha value is -2.45. The maximum absolute atomic E-state index is 12.7. The van der Waals surface area contributed by atoms with Gasteiger partial charge in [0.2, 0.25) is 0 Å². The Labute approximate surface area is 176 Å². The van der Waals surface area contributed by atoms with E-state index in [-0.39, 0.29) is 22.5 Å². The molecule has 3 aromatic carbocycles. The summed E-state index contributed by atoms with van der Waals surface area (Å²) < 4.78 is 69.3. The number of fused-ring (bicyclic) bond motifs is 1. The molecular formula is C22H17F3O3S2. The number of ether oxygens (including phenoxy) is 1. The third-order valence-electron chi connectivity index (χ3n) is 4.75. The van der Waals surface area contributed by atoms with Gasteiger partial charge in [-0.3, -0.25) is 0 Å². The first-order valence-corrected chi connectivity index (χ1v) is 11.6. The van der Waals surface area contributed by atoms with Crippen molar-refractivity contribution >= 4 is 21.6 Å². The van der Waals surface area contributed by atoms with Crippen molar-refractivity contribution in [3.8, 4) is 5.75 Å². The fraction of sp³-hybridized carbons (Fsp3) is 0.182. The second kappa shape index (κ2) is 8.00. The Balaban J connectivity index is 1.59. The van der Waals surface area contributed by atoms with Gasteiger partial charge in [-0.15, -0.1) is 11.8 Å². The van der Waals surface area contributed by atoms with Gasteiger partial charge in [-0.2, -0.15) is 13.2 Å². The molecule has 4 rings (SSSR count). The molecule has 0 spiro atoms. The highest BCUT2D eigenvalue weighted by atomic mass is 32.2. The van der Waals surface area contributed by atoms with Crippen LogP contribution in [0.1, 0.15) is 21.9 Å². The van der Waals surface area contributed by atoms with Crippen molar-refractivity contribution in [1.29, 1.82) is 0 Å². The molecule has 0 saturated heterocycles. The first-order chi connectivity index (χ1) is 14.2. The third kappa shape index (κ3) is 4.34. The Kier molecular flexibility index (Phi) is 5.55. The van der Waals surface area contributed by atoms with Crippen LogP contribution >= 0.6 is 11.8 Å². The lowest BCUT2D eigenvalue weighted by Gasteiger charge is -2.15. The highest BCUT2D eigenvalue weighted by Crippen LogP contribution is 2.48. The van der Waals surface area contributed by atoms with Crippen molar-refractivity contribution in [2.24, 2.45) is 0 Å². The minimum Gasteiger partial charge on any atom is -0.489 e. The van der Waals surface area contributed by atoms with Gasteiger partial charge in [-0.25, -0.2) is 8.42 Å². The number of halogens is 3. The van der Waals surface area contributed by atoms with Crippen LogP contribution in [0.2, 0.25) is 0 Å². The van der Waals surface area contributed by atoms with E-state index in [9.17, 15) is 21.6 Å². The number of hydrogen-bond acceptors (Lipinski definition) is 4. The molecule has 0 N–H and O–H groups in total. The largest absolute Gasteiger partial charge is 0.489 e. The van der Waals surface area contributed by atoms with Gasteiger partial charge in [0.25, 0.3) is 0 Å². The van der Waals surface area contributed by atoms with Crippen molar-refractivity contribution in [3.05, 3.63) is 89.5 Å². The van der Waals surface area contributed by atoms with Gasteiger partial charge in [-0.05, 0) is 42.0 Å². The highest BCUT2D eigenvalue weighted by molar-refractivity contribution is 8.01. The van der Waals surface area contributed by atoms with Gasteiger partial charge in [-0.1, -0.05) is 36.4 Å². The predicted molar refractivity (Wildman–Crippen MR) is 109 cm³/mol. The zero-order valence-electron chi connectivity index (χ0n) is 15.6. The molecule has 1 aliphatic rings. The number of alkyl halides is 3. The average Bonchev–Trinajstić information content (AvgIpc) is 2.97. The van der Waals surface area contributed by atoms with E-state index in [4.69, 9.17) is 4.74 Å². The molecule has 0 saturated carbocycles. The van der Waals surface area contributed by atoms with Crippen LogP contribution in [0.15, 0.2) is 82.6 Å². The molecule has 1 aliphatic heterocycles. The fourth-order valence-corrected chi connectivity index (χ4v) is 6.81. The van der Waals surface area contributed by atoms with E-state index >= 15 is 0 Å². The molecule has 8 heteroatoms. The van der Waals surface area contributed by atoms with Gasteiger partial charge in [0.05, 0.1) is 21.5 Å². The van der Waals surface area contributed by atoms with Crippen LogP contribution in [0.25, 0.3) is 0 Å². The monoisotopic (exact) mass is 450 g/mol. The molecule has 0 radical (unpaired) electrons. The second-order valence-corrected chi connectivity index (χ2v) is 10.1. The molecule has 0 amide bonds. The van der Waals surface area contributed by atoms with Crippen LogP contribution < -0.4 is 4.74 Å². The predicted octanol–water partition coefficient (Wildman–Crippen LogP) is 5.91. The summed E-state index contributed by atoms with van der Waals surface area (Å²) in [5.74, 6) is 0.407. The summed E-state index contributed by atoms with van der Waals surface area (Å²) >= 11 is 1.45. The van der Waals surface area contributed by atoms with Gasteiger partial charge in [0, 0.05) is 10.5 Å². The molecule has 3 aromatic rings. The number of hydrogen-bond donors (Lipinski definition) is 0. The van der Waals surface area contributed by atoms with Crippen molar-refractivity contribution in [1.82, 2.24) is 0 Å². The molecule has 0 aromatic heterocycles. The van der Waals surface area contributed by atoms with Crippen LogP contribution in [0.4, 0.5) is 13.2 Å². The maximum atomic E-state index is 12.7. The van der Waals surface area contributed by atoms with E-state index in [0.717, 1.165) is 17.0 Å².